The highest BCUT2D eigenvalue weighted by Gasteiger charge is 2.21. The van der Waals surface area contributed by atoms with Crippen molar-refractivity contribution in [3.63, 3.8) is 0 Å². The van der Waals surface area contributed by atoms with Crippen LogP contribution in [0, 0.1) is 5.92 Å². The molecular formula is C21H27NO3. The molecule has 1 amide bonds. The number of rotatable bonds is 4. The number of hydrogen-bond donors (Lipinski definition) is 0. The molecular weight excluding hydrogens is 314 g/mol. The SMILES string of the molecule is CC(C)COC(=O)N1CC=C(c2ccccc2C2=CCOCC2)CC1. The molecule has 0 fully saturated rings. The van der Waals surface area contributed by atoms with E-state index in [0.717, 1.165) is 19.4 Å². The number of nitrogens with zero attached hydrogens (tertiary/aromatic N) is 1. The monoisotopic (exact) mass is 341 g/mol. The smallest absolute Gasteiger partial charge is 0.410 e. The molecule has 4 nitrogen and oxygen atoms in total. The van der Waals surface area contributed by atoms with E-state index in [1.807, 2.05) is 13.8 Å². The van der Waals surface area contributed by atoms with Gasteiger partial charge in [-0.15, -0.1) is 0 Å². The van der Waals surface area contributed by atoms with Crippen molar-refractivity contribution in [2.45, 2.75) is 26.7 Å². The first-order chi connectivity index (χ1) is 12.1. The molecule has 25 heavy (non-hydrogen) atoms. The Kier molecular flexibility index (Phi) is 5.92. The maximum absolute atomic E-state index is 12.1. The molecule has 0 aliphatic carbocycles. The van der Waals surface area contributed by atoms with Crippen molar-refractivity contribution >= 4 is 17.2 Å². The van der Waals surface area contributed by atoms with Crippen LogP contribution in [0.5, 0.6) is 0 Å². The van der Waals surface area contributed by atoms with Gasteiger partial charge in [0.15, 0.2) is 0 Å². The molecule has 2 aliphatic rings. The molecule has 0 saturated heterocycles. The molecule has 2 heterocycles. The maximum atomic E-state index is 12.1. The molecule has 4 heteroatoms. The summed E-state index contributed by atoms with van der Waals surface area (Å²) in [7, 11) is 0. The number of amides is 1. The van der Waals surface area contributed by atoms with Gasteiger partial charge in [0.1, 0.15) is 0 Å². The van der Waals surface area contributed by atoms with Gasteiger partial charge in [-0.25, -0.2) is 4.79 Å². The highest BCUT2D eigenvalue weighted by atomic mass is 16.6. The number of carbonyl (C=O) groups is 1. The summed E-state index contributed by atoms with van der Waals surface area (Å²) in [5, 5.41) is 0. The number of benzene rings is 1. The summed E-state index contributed by atoms with van der Waals surface area (Å²) < 4.78 is 10.8. The second kappa shape index (κ2) is 8.34. The summed E-state index contributed by atoms with van der Waals surface area (Å²) in [6.07, 6.45) is 5.96. The molecule has 134 valence electrons. The molecule has 0 saturated carbocycles. The van der Waals surface area contributed by atoms with Crippen molar-refractivity contribution in [3.05, 3.63) is 47.5 Å². The molecule has 0 N–H and O–H groups in total. The van der Waals surface area contributed by atoms with Crippen LogP contribution in [0.3, 0.4) is 0 Å². The molecule has 0 aromatic heterocycles. The van der Waals surface area contributed by atoms with Gasteiger partial charge in [0, 0.05) is 13.1 Å². The topological polar surface area (TPSA) is 38.8 Å². The van der Waals surface area contributed by atoms with E-state index in [4.69, 9.17) is 9.47 Å². The molecule has 0 spiro atoms. The first kappa shape index (κ1) is 17.7. The van der Waals surface area contributed by atoms with Gasteiger partial charge in [0.2, 0.25) is 0 Å². The molecule has 3 rings (SSSR count). The Bertz CT molecular complexity index is 675. The van der Waals surface area contributed by atoms with Crippen LogP contribution in [-0.2, 0) is 9.47 Å². The highest BCUT2D eigenvalue weighted by Crippen LogP contribution is 2.32. The largest absolute Gasteiger partial charge is 0.449 e. The minimum atomic E-state index is -0.204. The molecule has 1 aromatic carbocycles. The van der Waals surface area contributed by atoms with Crippen LogP contribution in [0.15, 0.2) is 36.4 Å². The average Bonchev–Trinajstić information content (AvgIpc) is 2.67. The van der Waals surface area contributed by atoms with Gasteiger partial charge in [-0.05, 0) is 41.0 Å². The van der Waals surface area contributed by atoms with Gasteiger partial charge in [0.05, 0.1) is 19.8 Å². The molecule has 0 atom stereocenters. The molecule has 2 aliphatic heterocycles. The molecule has 1 aromatic rings. The van der Waals surface area contributed by atoms with E-state index in [1.54, 1.807) is 4.90 Å². The zero-order valence-corrected chi connectivity index (χ0v) is 15.2. The van der Waals surface area contributed by atoms with E-state index in [1.165, 1.54) is 22.3 Å². The highest BCUT2D eigenvalue weighted by molar-refractivity contribution is 5.81. The third kappa shape index (κ3) is 4.51. The standard InChI is InChI=1S/C21H27NO3/c1-16(2)15-25-21(23)22-11-7-17(8-12-22)19-5-3-4-6-20(19)18-9-13-24-14-10-18/h3-7,9,16H,8,10-15H2,1-2H3. The van der Waals surface area contributed by atoms with Crippen molar-refractivity contribution in [3.8, 4) is 0 Å². The fraction of sp³-hybridized carbons (Fsp3) is 0.476. The van der Waals surface area contributed by atoms with Crippen LogP contribution in [0.25, 0.3) is 11.1 Å². The Morgan fingerprint density at radius 1 is 1.16 bits per heavy atom. The first-order valence-electron chi connectivity index (χ1n) is 9.12. The maximum Gasteiger partial charge on any atom is 0.410 e. The Morgan fingerprint density at radius 3 is 2.44 bits per heavy atom. The van der Waals surface area contributed by atoms with Crippen LogP contribution in [0.1, 0.15) is 37.8 Å². The van der Waals surface area contributed by atoms with Crippen LogP contribution in [0.2, 0.25) is 0 Å². The lowest BCUT2D eigenvalue weighted by atomic mass is 9.89. The molecule has 0 unspecified atom stereocenters. The first-order valence-corrected chi connectivity index (χ1v) is 9.12. The zero-order chi connectivity index (χ0) is 17.6. The number of ether oxygens (including phenoxy) is 2. The van der Waals surface area contributed by atoms with Crippen molar-refractivity contribution in [2.75, 3.05) is 32.9 Å². The van der Waals surface area contributed by atoms with Crippen molar-refractivity contribution < 1.29 is 14.3 Å². The van der Waals surface area contributed by atoms with Crippen molar-refractivity contribution in [2.24, 2.45) is 5.92 Å². The van der Waals surface area contributed by atoms with Gasteiger partial charge >= 0.3 is 6.09 Å². The Hall–Kier alpha value is -2.07. The Labute approximate surface area is 150 Å². The lowest BCUT2D eigenvalue weighted by Gasteiger charge is -2.27. The second-order valence-electron chi connectivity index (χ2n) is 7.00. The van der Waals surface area contributed by atoms with Crippen LogP contribution < -0.4 is 0 Å². The minimum absolute atomic E-state index is 0.204. The summed E-state index contributed by atoms with van der Waals surface area (Å²) in [6, 6.07) is 8.55. The van der Waals surface area contributed by atoms with E-state index in [9.17, 15) is 4.79 Å². The lowest BCUT2D eigenvalue weighted by Crippen LogP contribution is -2.35. The second-order valence-corrected chi connectivity index (χ2v) is 7.00. The van der Waals surface area contributed by atoms with Gasteiger partial charge < -0.3 is 14.4 Å². The summed E-state index contributed by atoms with van der Waals surface area (Å²) in [6.45, 7) is 7.37. The van der Waals surface area contributed by atoms with Gasteiger partial charge in [-0.3, -0.25) is 0 Å². The van der Waals surface area contributed by atoms with E-state index in [2.05, 4.69) is 36.4 Å². The van der Waals surface area contributed by atoms with Gasteiger partial charge in [0.25, 0.3) is 0 Å². The van der Waals surface area contributed by atoms with Gasteiger partial charge in [-0.1, -0.05) is 50.3 Å². The van der Waals surface area contributed by atoms with Crippen LogP contribution in [-0.4, -0.2) is 43.9 Å². The predicted octanol–water partition coefficient (Wildman–Crippen LogP) is 4.37. The summed E-state index contributed by atoms with van der Waals surface area (Å²) in [4.78, 5) is 13.9. The third-order valence-corrected chi connectivity index (χ3v) is 4.59. The fourth-order valence-corrected chi connectivity index (χ4v) is 3.22. The normalized spacial score (nSPS) is 18.0. The lowest BCUT2D eigenvalue weighted by molar-refractivity contribution is 0.0954. The van der Waals surface area contributed by atoms with Crippen LogP contribution in [0.4, 0.5) is 4.79 Å². The number of hydrogen-bond acceptors (Lipinski definition) is 3. The summed E-state index contributed by atoms with van der Waals surface area (Å²) >= 11 is 0. The van der Waals surface area contributed by atoms with Crippen LogP contribution >= 0.6 is 0 Å². The molecule has 0 radical (unpaired) electrons. The van der Waals surface area contributed by atoms with E-state index in [-0.39, 0.29) is 6.09 Å². The van der Waals surface area contributed by atoms with E-state index >= 15 is 0 Å². The average molecular weight is 341 g/mol. The summed E-state index contributed by atoms with van der Waals surface area (Å²) in [5.74, 6) is 0.361. The summed E-state index contributed by atoms with van der Waals surface area (Å²) in [5.41, 5.74) is 5.26. The van der Waals surface area contributed by atoms with Gasteiger partial charge in [-0.2, -0.15) is 0 Å². The van der Waals surface area contributed by atoms with E-state index < -0.39 is 0 Å². The Balaban J connectivity index is 1.72. The minimum Gasteiger partial charge on any atom is -0.449 e. The molecule has 0 bridgehead atoms. The zero-order valence-electron chi connectivity index (χ0n) is 15.2. The number of carbonyl (C=O) groups excluding carboxylic acids is 1. The predicted molar refractivity (Wildman–Crippen MR) is 100 cm³/mol. The van der Waals surface area contributed by atoms with E-state index in [0.29, 0.717) is 32.2 Å². The quantitative estimate of drug-likeness (QED) is 0.816. The third-order valence-electron chi connectivity index (χ3n) is 4.59. The Morgan fingerprint density at radius 2 is 1.88 bits per heavy atom. The van der Waals surface area contributed by atoms with Crippen molar-refractivity contribution in [1.29, 1.82) is 0 Å². The fourth-order valence-electron chi connectivity index (χ4n) is 3.22. The van der Waals surface area contributed by atoms with Crippen molar-refractivity contribution in [1.82, 2.24) is 4.90 Å².